The maximum atomic E-state index is 14.6. The lowest BCUT2D eigenvalue weighted by molar-refractivity contribution is -0.266. The van der Waals surface area contributed by atoms with Gasteiger partial charge in [0.2, 0.25) is 5.79 Å². The number of amides is 1. The van der Waals surface area contributed by atoms with Crippen molar-refractivity contribution in [1.29, 1.82) is 0 Å². The summed E-state index contributed by atoms with van der Waals surface area (Å²) in [5, 5.41) is 23.8. The number of aliphatic hydroxyl groups excluding tert-OH is 1. The Labute approximate surface area is 446 Å². The number of piperidine rings is 1. The summed E-state index contributed by atoms with van der Waals surface area (Å²) >= 11 is 0. The quantitative estimate of drug-likeness (QED) is 0.0808. The van der Waals surface area contributed by atoms with Gasteiger partial charge < -0.3 is 57.7 Å². The van der Waals surface area contributed by atoms with Crippen LogP contribution in [0.3, 0.4) is 0 Å². The summed E-state index contributed by atoms with van der Waals surface area (Å²) < 4.78 is 52.9. The number of rotatable bonds is 14. The number of allylic oxidation sites excluding steroid dienone is 6. The molecule has 0 radical (unpaired) electrons. The third-order valence-corrected chi connectivity index (χ3v) is 16.2. The molecule has 17 nitrogen and oxygen atoms in total. The molecule has 3 saturated heterocycles. The van der Waals surface area contributed by atoms with Crippen molar-refractivity contribution in [2.24, 2.45) is 35.5 Å². The summed E-state index contributed by atoms with van der Waals surface area (Å²) in [6.07, 6.45) is 12.1. The van der Waals surface area contributed by atoms with E-state index in [-0.39, 0.29) is 80.0 Å². The molecule has 1 amide bonds. The first-order valence-electron chi connectivity index (χ1n) is 27.7. The number of ketones is 3. The van der Waals surface area contributed by atoms with Crippen LogP contribution in [0.25, 0.3) is 0 Å². The zero-order valence-corrected chi connectivity index (χ0v) is 46.6. The average molecular weight is 1060 g/mol. The number of esters is 1. The largest absolute Gasteiger partial charge is 0.460 e. The molecule has 5 aliphatic rings. The summed E-state index contributed by atoms with van der Waals surface area (Å²) in [6.45, 7) is 15.4. The smallest absolute Gasteiger partial charge is 0.329 e. The number of carbonyl (C=O) groups excluding carboxylic acids is 5. The van der Waals surface area contributed by atoms with E-state index in [2.05, 4.69) is 0 Å². The second kappa shape index (κ2) is 30.6. The Hall–Kier alpha value is -3.49. The first-order chi connectivity index (χ1) is 35.8. The molecule has 17 heteroatoms. The number of nitrogens with zero attached hydrogens (tertiary/aromatic N) is 1. The molecule has 1 saturated carbocycles. The van der Waals surface area contributed by atoms with Gasteiger partial charge in [0.25, 0.3) is 11.7 Å². The van der Waals surface area contributed by atoms with Crippen molar-refractivity contribution >= 4 is 29.2 Å². The van der Waals surface area contributed by atoms with Gasteiger partial charge in [0.1, 0.15) is 36.2 Å². The minimum Gasteiger partial charge on any atom is -0.460 e. The van der Waals surface area contributed by atoms with Crippen LogP contribution in [0.2, 0.25) is 0 Å². The molecule has 0 aromatic carbocycles. The van der Waals surface area contributed by atoms with Crippen LogP contribution < -0.4 is 0 Å². The van der Waals surface area contributed by atoms with Gasteiger partial charge in [0.15, 0.2) is 5.78 Å². The van der Waals surface area contributed by atoms with Crippen LogP contribution in [0, 0.1) is 35.5 Å². The molecule has 5 rings (SSSR count). The summed E-state index contributed by atoms with van der Waals surface area (Å²) in [6, 6.07) is -1.15. The molecule has 0 spiro atoms. The maximum Gasteiger partial charge on any atom is 0.329 e. The first-order valence-corrected chi connectivity index (χ1v) is 27.7. The van der Waals surface area contributed by atoms with Gasteiger partial charge in [-0.15, -0.1) is 0 Å². The van der Waals surface area contributed by atoms with Crippen molar-refractivity contribution in [3.63, 3.8) is 0 Å². The van der Waals surface area contributed by atoms with E-state index in [0.29, 0.717) is 83.6 Å². The molecule has 4 aliphatic heterocycles. The van der Waals surface area contributed by atoms with Crippen molar-refractivity contribution in [3.05, 3.63) is 47.6 Å². The fraction of sp³-hybridized carbons (Fsp3) is 0.776. The molecular weight excluding hydrogens is 967 g/mol. The highest BCUT2D eigenvalue weighted by molar-refractivity contribution is 6.39. The molecule has 4 fully saturated rings. The number of hydrogen-bond donors (Lipinski definition) is 2. The third kappa shape index (κ3) is 17.8. The van der Waals surface area contributed by atoms with Gasteiger partial charge in [0, 0.05) is 58.5 Å². The highest BCUT2D eigenvalue weighted by Gasteiger charge is 2.53. The Bertz CT molecular complexity index is 1980. The first kappa shape index (κ1) is 62.4. The lowest BCUT2D eigenvalue weighted by atomic mass is 9.78. The molecule has 0 aromatic heterocycles. The zero-order chi connectivity index (χ0) is 54.8. The summed E-state index contributed by atoms with van der Waals surface area (Å²) in [5.41, 5.74) is 1.25. The second-order valence-electron chi connectivity index (χ2n) is 22.1. The molecule has 0 unspecified atom stereocenters. The van der Waals surface area contributed by atoms with E-state index >= 15 is 0 Å². The predicted octanol–water partition coefficient (Wildman–Crippen LogP) is 6.64. The van der Waals surface area contributed by atoms with Crippen molar-refractivity contribution in [2.75, 3.05) is 67.5 Å². The van der Waals surface area contributed by atoms with Crippen molar-refractivity contribution < 1.29 is 76.8 Å². The van der Waals surface area contributed by atoms with E-state index in [1.807, 2.05) is 58.1 Å². The molecule has 75 heavy (non-hydrogen) atoms. The van der Waals surface area contributed by atoms with Gasteiger partial charge in [-0.1, -0.05) is 71.1 Å². The van der Waals surface area contributed by atoms with Gasteiger partial charge in [-0.3, -0.25) is 19.2 Å². The van der Waals surface area contributed by atoms with Gasteiger partial charge in [-0.2, -0.15) is 0 Å². The second-order valence-corrected chi connectivity index (χ2v) is 22.1. The number of carbonyl (C=O) groups is 5. The molecule has 15 atom stereocenters. The highest BCUT2D eigenvalue weighted by Crippen LogP contribution is 2.38. The van der Waals surface area contributed by atoms with Gasteiger partial charge >= 0.3 is 5.97 Å². The van der Waals surface area contributed by atoms with E-state index in [1.165, 1.54) is 12.0 Å². The number of hydrogen-bond acceptors (Lipinski definition) is 16. The van der Waals surface area contributed by atoms with Crippen LogP contribution in [0.5, 0.6) is 0 Å². The topological polar surface area (TPSA) is 212 Å². The van der Waals surface area contributed by atoms with Crippen LogP contribution in [0.1, 0.15) is 126 Å². The number of methoxy groups -OCH3 is 3. The zero-order valence-electron chi connectivity index (χ0n) is 46.6. The van der Waals surface area contributed by atoms with Crippen molar-refractivity contribution in [1.82, 2.24) is 4.90 Å². The molecule has 424 valence electrons. The monoisotopic (exact) mass is 1060 g/mol. The fourth-order valence-corrected chi connectivity index (χ4v) is 11.2. The number of cyclic esters (lactones) is 1. The van der Waals surface area contributed by atoms with E-state index in [1.54, 1.807) is 41.1 Å². The van der Waals surface area contributed by atoms with E-state index < -0.39 is 77.8 Å². The van der Waals surface area contributed by atoms with Gasteiger partial charge in [0.05, 0.1) is 64.1 Å². The lowest BCUT2D eigenvalue weighted by Gasteiger charge is -2.43. The lowest BCUT2D eigenvalue weighted by Crippen LogP contribution is -2.61. The van der Waals surface area contributed by atoms with E-state index in [4.69, 9.17) is 42.6 Å². The maximum absolute atomic E-state index is 14.6. The normalized spacial score (nSPS) is 37.8. The Balaban J connectivity index is 1.45. The number of Topliss-reactive ketones (excluding diaryl/α,β-unsaturated/α-hetero) is 3. The molecular formula is C58H91NO16. The Kier molecular flexibility index (Phi) is 25.4. The minimum atomic E-state index is -2.47. The Morgan fingerprint density at radius 1 is 0.800 bits per heavy atom. The van der Waals surface area contributed by atoms with E-state index in [9.17, 15) is 34.2 Å². The van der Waals surface area contributed by atoms with Crippen LogP contribution in [-0.4, -0.2) is 173 Å². The average Bonchev–Trinajstić information content (AvgIpc) is 3.37. The van der Waals surface area contributed by atoms with Crippen LogP contribution in [-0.2, 0) is 66.6 Å². The van der Waals surface area contributed by atoms with Crippen molar-refractivity contribution in [3.8, 4) is 0 Å². The Morgan fingerprint density at radius 2 is 1.53 bits per heavy atom. The van der Waals surface area contributed by atoms with Crippen LogP contribution in [0.15, 0.2) is 47.6 Å². The SMILES string of the molecule is COCCO[C@@H]1CC[C@@H](C[C@@H](C)[C@@H]2CC(=O)[C@H](C)/C=C(\C)[C@@H](O)[C@@H](OC)C(=O)[C@H](C)C[C@H](C)/C=C/C=C/C=C(\C)[C@@H](OCCOC3COC3)C[C@@H]3CC[C@@H](C)[C@@](O)(O3)C(=O)C(=O)N3CCCC[C@H]3C(=O)O2)C[C@H]1OC. The molecule has 1 aliphatic carbocycles. The van der Waals surface area contributed by atoms with Gasteiger partial charge in [-0.25, -0.2) is 4.79 Å². The van der Waals surface area contributed by atoms with Gasteiger partial charge in [-0.05, 0) is 107 Å². The predicted molar refractivity (Wildman–Crippen MR) is 280 cm³/mol. The third-order valence-electron chi connectivity index (χ3n) is 16.2. The van der Waals surface area contributed by atoms with Crippen LogP contribution >= 0.6 is 0 Å². The Morgan fingerprint density at radius 3 is 2.23 bits per heavy atom. The number of fused-ring (bicyclic) bond motifs is 3. The summed E-state index contributed by atoms with van der Waals surface area (Å²) in [5.74, 6) is -8.03. The molecule has 0 aromatic rings. The number of ether oxygens (including phenoxy) is 9. The molecule has 2 bridgehead atoms. The minimum absolute atomic E-state index is 0.00305. The highest BCUT2D eigenvalue weighted by atomic mass is 16.6. The number of aliphatic hydroxyl groups is 2. The van der Waals surface area contributed by atoms with Crippen LogP contribution in [0.4, 0.5) is 0 Å². The standard InChI is InChI=1S/C58H91NO16/c1-36-16-12-11-13-17-37(2)49(73-27-26-71-45-34-70-35-45)32-44-21-19-42(7)58(66,75-44)55(63)56(64)59-23-15-14-18-46(59)57(65)74-50(39(4)30-43-20-22-48(51(31-43)68-9)72-25-24-67-8)33-47(60)38(3)29-41(6)53(62)54(69-10)52(61)40(5)28-36/h11-13,16-17,29,36,38-40,42-46,48-51,53-54,62,66H,14-15,18-28,30-35H2,1-10H3/b13-11+,16-12+,37-17+,41-29+/t36-,38-,39-,40-,42-,43+,44+,46+,48-,49+,50+,51-,53-,54+,58-/m1/s1. The van der Waals surface area contributed by atoms with E-state index in [0.717, 1.165) is 18.4 Å². The molecule has 2 N–H and O–H groups in total. The van der Waals surface area contributed by atoms with Crippen molar-refractivity contribution in [2.45, 2.75) is 186 Å². The summed E-state index contributed by atoms with van der Waals surface area (Å²) in [7, 11) is 4.68. The fourth-order valence-electron chi connectivity index (χ4n) is 11.2. The summed E-state index contributed by atoms with van der Waals surface area (Å²) in [4.78, 5) is 73.0. The molecule has 4 heterocycles.